The van der Waals surface area contributed by atoms with Crippen molar-refractivity contribution in [3.8, 4) is 0 Å². The van der Waals surface area contributed by atoms with E-state index >= 15 is 0 Å². The molecule has 2 N–H and O–H groups in total. The molecule has 4 rings (SSSR count). The van der Waals surface area contributed by atoms with E-state index in [1.165, 1.54) is 6.26 Å². The van der Waals surface area contributed by atoms with Crippen molar-refractivity contribution in [1.82, 2.24) is 25.3 Å². The Kier molecular flexibility index (Phi) is 8.56. The van der Waals surface area contributed by atoms with Gasteiger partial charge in [0, 0.05) is 13.0 Å². The van der Waals surface area contributed by atoms with Crippen LogP contribution >= 0.6 is 0 Å². The molecule has 37 heavy (non-hydrogen) atoms. The molecule has 0 spiro atoms. The maximum Gasteiger partial charge on any atom is 0.291 e. The number of piperidine rings is 1. The second kappa shape index (κ2) is 11.7. The summed E-state index contributed by atoms with van der Waals surface area (Å²) in [7, 11) is 0. The first kappa shape index (κ1) is 27.2. The average Bonchev–Trinajstić information content (AvgIpc) is 3.38. The summed E-state index contributed by atoms with van der Waals surface area (Å²) in [5.74, 6) is -0.129. The van der Waals surface area contributed by atoms with E-state index in [1.54, 1.807) is 21.9 Å². The molecule has 10 heteroatoms. The Balaban J connectivity index is 1.66. The quantitative estimate of drug-likeness (QED) is 0.544. The van der Waals surface area contributed by atoms with E-state index in [4.69, 9.17) is 4.42 Å². The maximum atomic E-state index is 13.8. The van der Waals surface area contributed by atoms with Gasteiger partial charge in [-0.25, -0.2) is 0 Å². The summed E-state index contributed by atoms with van der Waals surface area (Å²) in [5.41, 5.74) is 0. The molecule has 204 valence electrons. The van der Waals surface area contributed by atoms with Crippen LogP contribution in [0.25, 0.3) is 0 Å². The fourth-order valence-corrected chi connectivity index (χ4v) is 5.73. The molecule has 0 aliphatic carbocycles. The number of nitrogens with zero attached hydrogens (tertiary/aromatic N) is 3. The molecule has 3 aliphatic heterocycles. The lowest BCUT2D eigenvalue weighted by Gasteiger charge is -2.54. The first-order chi connectivity index (χ1) is 17.7. The molecular formula is C27H41N5O5. The van der Waals surface area contributed by atoms with Crippen LogP contribution in [0, 0.1) is 17.8 Å². The summed E-state index contributed by atoms with van der Waals surface area (Å²) >= 11 is 0. The van der Waals surface area contributed by atoms with Crippen LogP contribution in [0.1, 0.15) is 63.9 Å². The Bertz CT molecular complexity index is 972. The van der Waals surface area contributed by atoms with E-state index < -0.39 is 18.2 Å². The highest BCUT2D eigenvalue weighted by atomic mass is 16.3. The van der Waals surface area contributed by atoms with Gasteiger partial charge in [0.2, 0.25) is 17.7 Å². The van der Waals surface area contributed by atoms with Gasteiger partial charge in [0.25, 0.3) is 5.91 Å². The van der Waals surface area contributed by atoms with Gasteiger partial charge < -0.3 is 29.8 Å². The van der Waals surface area contributed by atoms with Crippen molar-refractivity contribution in [3.63, 3.8) is 0 Å². The first-order valence-corrected chi connectivity index (χ1v) is 13.6. The van der Waals surface area contributed by atoms with Crippen molar-refractivity contribution in [2.75, 3.05) is 32.7 Å². The van der Waals surface area contributed by atoms with Crippen molar-refractivity contribution in [2.45, 2.75) is 71.6 Å². The molecule has 0 radical (unpaired) electrons. The van der Waals surface area contributed by atoms with Crippen LogP contribution in [0.3, 0.4) is 0 Å². The third-order valence-corrected chi connectivity index (χ3v) is 7.48. The molecule has 10 nitrogen and oxygen atoms in total. The lowest BCUT2D eigenvalue weighted by molar-refractivity contribution is -0.171. The van der Waals surface area contributed by atoms with E-state index in [9.17, 15) is 19.2 Å². The number of piperazine rings is 1. The molecule has 0 aromatic carbocycles. The van der Waals surface area contributed by atoms with E-state index in [0.717, 1.165) is 25.9 Å². The second-order valence-corrected chi connectivity index (χ2v) is 11.5. The fraction of sp³-hybridized carbons (Fsp3) is 0.704. The topological polar surface area (TPSA) is 115 Å². The Morgan fingerprint density at radius 3 is 2.43 bits per heavy atom. The van der Waals surface area contributed by atoms with Gasteiger partial charge in [0.05, 0.1) is 19.4 Å². The van der Waals surface area contributed by atoms with Crippen LogP contribution in [0.5, 0.6) is 0 Å². The van der Waals surface area contributed by atoms with Crippen LogP contribution in [0.15, 0.2) is 22.8 Å². The molecule has 1 aromatic heterocycles. The minimum atomic E-state index is -0.917. The smallest absolute Gasteiger partial charge is 0.291 e. The van der Waals surface area contributed by atoms with E-state index in [0.29, 0.717) is 18.9 Å². The second-order valence-electron chi connectivity index (χ2n) is 11.5. The van der Waals surface area contributed by atoms with E-state index in [-0.39, 0.29) is 60.7 Å². The van der Waals surface area contributed by atoms with Crippen LogP contribution in [0.4, 0.5) is 0 Å². The van der Waals surface area contributed by atoms with Crippen LogP contribution in [-0.4, -0.2) is 89.3 Å². The predicted molar refractivity (Wildman–Crippen MR) is 137 cm³/mol. The van der Waals surface area contributed by atoms with E-state index in [2.05, 4.69) is 10.6 Å². The first-order valence-electron chi connectivity index (χ1n) is 13.6. The highest BCUT2D eigenvalue weighted by Crippen LogP contribution is 2.31. The van der Waals surface area contributed by atoms with Gasteiger partial charge in [0.1, 0.15) is 18.2 Å². The number of fused-ring (bicyclic) bond motifs is 1. The number of amides is 4. The normalized spacial score (nSPS) is 25.1. The predicted octanol–water partition coefficient (Wildman–Crippen LogP) is 1.68. The summed E-state index contributed by atoms with van der Waals surface area (Å²) in [6.45, 7) is 10.7. The van der Waals surface area contributed by atoms with Gasteiger partial charge >= 0.3 is 0 Å². The molecular weight excluding hydrogens is 474 g/mol. The van der Waals surface area contributed by atoms with Crippen LogP contribution < -0.4 is 10.6 Å². The molecule has 3 aliphatic rings. The Morgan fingerprint density at radius 2 is 1.81 bits per heavy atom. The largest absolute Gasteiger partial charge is 0.459 e. The third kappa shape index (κ3) is 6.17. The van der Waals surface area contributed by atoms with Crippen molar-refractivity contribution in [2.24, 2.45) is 17.8 Å². The van der Waals surface area contributed by atoms with E-state index in [1.807, 2.05) is 32.6 Å². The molecule has 0 saturated carbocycles. The molecule has 1 unspecified atom stereocenters. The summed E-state index contributed by atoms with van der Waals surface area (Å²) in [6.07, 6.45) is 3.57. The van der Waals surface area contributed by atoms with Gasteiger partial charge in [-0.2, -0.15) is 0 Å². The maximum absolute atomic E-state index is 13.8. The number of rotatable bonds is 8. The van der Waals surface area contributed by atoms with Gasteiger partial charge in [-0.1, -0.05) is 27.7 Å². The summed E-state index contributed by atoms with van der Waals surface area (Å²) in [4.78, 5) is 59.0. The summed E-state index contributed by atoms with van der Waals surface area (Å²) in [6, 6.07) is 1.64. The zero-order chi connectivity index (χ0) is 26.7. The van der Waals surface area contributed by atoms with Crippen molar-refractivity contribution in [1.29, 1.82) is 0 Å². The molecule has 3 saturated heterocycles. The van der Waals surface area contributed by atoms with Crippen molar-refractivity contribution in [3.05, 3.63) is 24.2 Å². The average molecular weight is 516 g/mol. The molecule has 3 fully saturated rings. The molecule has 1 aromatic rings. The third-order valence-electron chi connectivity index (χ3n) is 7.48. The zero-order valence-electron chi connectivity index (χ0n) is 22.4. The fourth-order valence-electron chi connectivity index (χ4n) is 5.73. The van der Waals surface area contributed by atoms with Gasteiger partial charge in [0.15, 0.2) is 5.76 Å². The minimum absolute atomic E-state index is 0.0349. The van der Waals surface area contributed by atoms with Crippen molar-refractivity contribution >= 4 is 23.6 Å². The van der Waals surface area contributed by atoms with Crippen LogP contribution in [-0.2, 0) is 14.4 Å². The van der Waals surface area contributed by atoms with Gasteiger partial charge in [-0.05, 0) is 62.2 Å². The number of carbonyl (C=O) groups excluding carboxylic acids is 4. The number of nitrogens with one attached hydrogen (secondary N) is 2. The number of furan rings is 1. The summed E-state index contributed by atoms with van der Waals surface area (Å²) in [5, 5.41) is 6.21. The highest BCUT2D eigenvalue weighted by Gasteiger charge is 2.52. The van der Waals surface area contributed by atoms with Crippen LogP contribution in [0.2, 0.25) is 0 Å². The SMILES string of the molecule is CC(C)CC(=O)N[C@H]1CN(C(=O)c2ccco2)C2CN(CC3CCNCC3)C(=O)[C@H](CC(C)C)N2C1=O. The lowest BCUT2D eigenvalue weighted by atomic mass is 9.92. The summed E-state index contributed by atoms with van der Waals surface area (Å²) < 4.78 is 5.42. The van der Waals surface area contributed by atoms with Gasteiger partial charge in [-0.3, -0.25) is 19.2 Å². The Hall–Kier alpha value is -2.88. The molecule has 4 heterocycles. The molecule has 0 bridgehead atoms. The number of hydrogen-bond acceptors (Lipinski definition) is 6. The highest BCUT2D eigenvalue weighted by molar-refractivity contribution is 5.98. The number of hydrogen-bond donors (Lipinski definition) is 2. The molecule has 3 atom stereocenters. The Morgan fingerprint density at radius 1 is 1.08 bits per heavy atom. The van der Waals surface area contributed by atoms with Crippen molar-refractivity contribution < 1.29 is 23.6 Å². The minimum Gasteiger partial charge on any atom is -0.459 e. The lowest BCUT2D eigenvalue weighted by Crippen LogP contribution is -2.76. The zero-order valence-corrected chi connectivity index (χ0v) is 22.4. The Labute approximate surface area is 219 Å². The standard InChI is InChI=1S/C27H41N5O5/c1-17(2)12-21-26(35)30(14-19-7-9-28-10-8-19)16-24-31(27(36)22-6-5-11-37-22)15-20(25(34)32(21)24)29-23(33)13-18(3)4/h5-6,11,17-21,24,28H,7-10,12-16H2,1-4H3,(H,29,33)/t20-,21-,24?/m0/s1. The number of carbonyl (C=O) groups is 4. The van der Waals surface area contributed by atoms with Gasteiger partial charge in [-0.15, -0.1) is 0 Å². The monoisotopic (exact) mass is 515 g/mol. The molecule has 4 amide bonds.